The Morgan fingerprint density at radius 1 is 1.00 bits per heavy atom. The molecule has 0 fully saturated rings. The van der Waals surface area contributed by atoms with E-state index in [0.29, 0.717) is 4.90 Å². The van der Waals surface area contributed by atoms with Gasteiger partial charge in [-0.25, -0.2) is 13.2 Å². The van der Waals surface area contributed by atoms with E-state index in [0.717, 1.165) is 7.05 Å². The number of imide groups is 1. The van der Waals surface area contributed by atoms with Crippen LogP contribution >= 0.6 is 0 Å². The largest absolute Gasteiger partial charge is 0.277 e. The molecule has 1 aromatic carbocycles. The third-order valence-corrected chi connectivity index (χ3v) is 2.21. The van der Waals surface area contributed by atoms with Crippen molar-refractivity contribution in [2.45, 2.75) is 0 Å². The normalized spacial score (nSPS) is 14.8. The SMILES string of the molecule is CN1C(=O)c2c(F)cc(F)c(F)c2C1=O. The molecule has 0 N–H and O–H groups in total. The summed E-state index contributed by atoms with van der Waals surface area (Å²) in [5.74, 6) is -6.21. The molecule has 0 radical (unpaired) electrons. The molecule has 6 heteroatoms. The minimum absolute atomic E-state index is 0.249. The van der Waals surface area contributed by atoms with Crippen molar-refractivity contribution in [3.05, 3.63) is 34.6 Å². The second-order valence-electron chi connectivity index (χ2n) is 3.07. The number of hydrogen-bond acceptors (Lipinski definition) is 2. The Hall–Kier alpha value is -1.85. The Labute approximate surface area is 82.1 Å². The van der Waals surface area contributed by atoms with E-state index in [9.17, 15) is 22.8 Å². The Morgan fingerprint density at radius 2 is 1.53 bits per heavy atom. The number of amides is 2. The van der Waals surface area contributed by atoms with Gasteiger partial charge in [0, 0.05) is 13.1 Å². The molecular formula is C9H4F3NO2. The number of carbonyl (C=O) groups is 2. The van der Waals surface area contributed by atoms with Crippen molar-refractivity contribution in [1.29, 1.82) is 0 Å². The zero-order chi connectivity index (χ0) is 11.3. The van der Waals surface area contributed by atoms with Crippen molar-refractivity contribution in [2.24, 2.45) is 0 Å². The lowest BCUT2D eigenvalue weighted by Gasteiger charge is -2.02. The molecule has 1 aliphatic rings. The van der Waals surface area contributed by atoms with Crippen molar-refractivity contribution < 1.29 is 22.8 Å². The van der Waals surface area contributed by atoms with Crippen LogP contribution in [0.1, 0.15) is 20.7 Å². The van der Waals surface area contributed by atoms with E-state index in [1.807, 2.05) is 0 Å². The highest BCUT2D eigenvalue weighted by atomic mass is 19.2. The molecule has 2 amide bonds. The second kappa shape index (κ2) is 2.82. The summed E-state index contributed by atoms with van der Waals surface area (Å²) >= 11 is 0. The molecule has 1 aromatic rings. The van der Waals surface area contributed by atoms with Crippen LogP contribution in [-0.2, 0) is 0 Å². The highest BCUT2D eigenvalue weighted by Gasteiger charge is 2.39. The topological polar surface area (TPSA) is 37.4 Å². The standard InChI is InChI=1S/C9H4F3NO2/c1-13-8(14)5-3(10)2-4(11)7(12)6(5)9(13)15/h2H,1H3. The molecule has 15 heavy (non-hydrogen) atoms. The maximum atomic E-state index is 13.1. The fraction of sp³-hybridized carbons (Fsp3) is 0.111. The summed E-state index contributed by atoms with van der Waals surface area (Å²) < 4.78 is 39.0. The van der Waals surface area contributed by atoms with Crippen LogP contribution in [-0.4, -0.2) is 23.8 Å². The monoisotopic (exact) mass is 215 g/mol. The lowest BCUT2D eigenvalue weighted by atomic mass is 10.1. The van der Waals surface area contributed by atoms with E-state index in [-0.39, 0.29) is 6.07 Å². The average molecular weight is 215 g/mol. The first-order valence-corrected chi connectivity index (χ1v) is 3.95. The molecule has 0 bridgehead atoms. The molecule has 0 spiro atoms. The number of hydrogen-bond donors (Lipinski definition) is 0. The third kappa shape index (κ3) is 1.07. The fourth-order valence-electron chi connectivity index (χ4n) is 1.43. The summed E-state index contributed by atoms with van der Waals surface area (Å²) in [5.41, 5.74) is -1.54. The number of rotatable bonds is 0. The van der Waals surface area contributed by atoms with E-state index < -0.39 is 40.4 Å². The number of nitrogens with zero attached hydrogens (tertiary/aromatic N) is 1. The van der Waals surface area contributed by atoms with E-state index in [4.69, 9.17) is 0 Å². The minimum Gasteiger partial charge on any atom is -0.277 e. The molecule has 0 unspecified atom stereocenters. The van der Waals surface area contributed by atoms with Gasteiger partial charge in [-0.05, 0) is 0 Å². The maximum Gasteiger partial charge on any atom is 0.264 e. The van der Waals surface area contributed by atoms with Gasteiger partial charge in [0.15, 0.2) is 11.6 Å². The summed E-state index contributed by atoms with van der Waals surface area (Å²) in [4.78, 5) is 23.1. The second-order valence-corrected chi connectivity index (χ2v) is 3.07. The van der Waals surface area contributed by atoms with E-state index in [2.05, 4.69) is 0 Å². The van der Waals surface area contributed by atoms with Gasteiger partial charge >= 0.3 is 0 Å². The zero-order valence-corrected chi connectivity index (χ0v) is 7.47. The quantitative estimate of drug-likeness (QED) is 0.483. The molecule has 78 valence electrons. The van der Waals surface area contributed by atoms with Crippen molar-refractivity contribution in [3.8, 4) is 0 Å². The predicted molar refractivity (Wildman–Crippen MR) is 42.7 cm³/mol. The van der Waals surface area contributed by atoms with Crippen molar-refractivity contribution in [3.63, 3.8) is 0 Å². The molecule has 0 aliphatic carbocycles. The zero-order valence-electron chi connectivity index (χ0n) is 7.47. The average Bonchev–Trinajstić information content (AvgIpc) is 2.40. The van der Waals surface area contributed by atoms with Crippen LogP contribution in [0.2, 0.25) is 0 Å². The van der Waals surface area contributed by atoms with E-state index in [1.54, 1.807) is 0 Å². The van der Waals surface area contributed by atoms with Crippen LogP contribution in [0, 0.1) is 17.5 Å². The van der Waals surface area contributed by atoms with Crippen molar-refractivity contribution >= 4 is 11.8 Å². The van der Waals surface area contributed by atoms with Gasteiger partial charge in [0.05, 0.1) is 11.1 Å². The highest BCUT2D eigenvalue weighted by molar-refractivity contribution is 6.21. The summed E-state index contributed by atoms with van der Waals surface area (Å²) in [6.07, 6.45) is 0. The van der Waals surface area contributed by atoms with E-state index in [1.165, 1.54) is 0 Å². The maximum absolute atomic E-state index is 13.1. The van der Waals surface area contributed by atoms with Crippen molar-refractivity contribution in [2.75, 3.05) is 7.05 Å². The Bertz CT molecular complexity index is 499. The third-order valence-electron chi connectivity index (χ3n) is 2.21. The molecular weight excluding hydrogens is 211 g/mol. The van der Waals surface area contributed by atoms with Crippen LogP contribution in [0.3, 0.4) is 0 Å². The first-order valence-electron chi connectivity index (χ1n) is 3.95. The lowest BCUT2D eigenvalue weighted by Crippen LogP contribution is -2.24. The molecule has 0 atom stereocenters. The molecule has 1 heterocycles. The smallest absolute Gasteiger partial charge is 0.264 e. The number of halogens is 3. The highest BCUT2D eigenvalue weighted by Crippen LogP contribution is 2.28. The van der Waals surface area contributed by atoms with Gasteiger partial charge in [-0.2, -0.15) is 0 Å². The van der Waals surface area contributed by atoms with Gasteiger partial charge in [0.25, 0.3) is 11.8 Å². The molecule has 0 saturated carbocycles. The van der Waals surface area contributed by atoms with Crippen molar-refractivity contribution in [1.82, 2.24) is 4.90 Å². The minimum atomic E-state index is -1.49. The predicted octanol–water partition coefficient (Wildman–Crippen LogP) is 1.33. The van der Waals surface area contributed by atoms with Crippen LogP contribution in [0.15, 0.2) is 6.07 Å². The summed E-state index contributed by atoms with van der Waals surface area (Å²) in [6, 6.07) is 0.249. The Kier molecular flexibility index (Phi) is 1.82. The van der Waals surface area contributed by atoms with Gasteiger partial charge in [-0.15, -0.1) is 0 Å². The molecule has 3 nitrogen and oxygen atoms in total. The summed E-state index contributed by atoms with van der Waals surface area (Å²) in [7, 11) is 1.07. The summed E-state index contributed by atoms with van der Waals surface area (Å²) in [6.45, 7) is 0. The molecule has 0 saturated heterocycles. The van der Waals surface area contributed by atoms with E-state index >= 15 is 0 Å². The van der Waals surface area contributed by atoms with Gasteiger partial charge in [0.1, 0.15) is 5.82 Å². The lowest BCUT2D eigenvalue weighted by molar-refractivity contribution is 0.0690. The van der Waals surface area contributed by atoms with Gasteiger partial charge < -0.3 is 0 Å². The van der Waals surface area contributed by atoms with Crippen LogP contribution in [0.25, 0.3) is 0 Å². The van der Waals surface area contributed by atoms with Crippen LogP contribution in [0.4, 0.5) is 13.2 Å². The molecule has 0 aromatic heterocycles. The Balaban J connectivity index is 2.85. The number of fused-ring (bicyclic) bond motifs is 1. The van der Waals surface area contributed by atoms with Crippen LogP contribution in [0.5, 0.6) is 0 Å². The van der Waals surface area contributed by atoms with Gasteiger partial charge in [-0.1, -0.05) is 0 Å². The molecule has 2 rings (SSSR count). The number of carbonyl (C=O) groups excluding carboxylic acids is 2. The fourth-order valence-corrected chi connectivity index (χ4v) is 1.43. The van der Waals surface area contributed by atoms with Crippen LogP contribution < -0.4 is 0 Å². The first-order chi connectivity index (χ1) is 6.95. The first kappa shape index (κ1) is 9.70. The van der Waals surface area contributed by atoms with Gasteiger partial charge in [0.2, 0.25) is 0 Å². The Morgan fingerprint density at radius 3 is 2.13 bits per heavy atom. The van der Waals surface area contributed by atoms with Gasteiger partial charge in [-0.3, -0.25) is 14.5 Å². The summed E-state index contributed by atoms with van der Waals surface area (Å²) in [5, 5.41) is 0. The molecule has 1 aliphatic heterocycles. The number of benzene rings is 1.